The molecule has 1 aliphatic rings. The molecule has 8 nitrogen and oxygen atoms in total. The van der Waals surface area contributed by atoms with Gasteiger partial charge in [0.25, 0.3) is 0 Å². The van der Waals surface area contributed by atoms with E-state index in [1.807, 2.05) is 0 Å². The molecular formula is C17H32N2O6. The number of nitrogens with one attached hydrogen (secondary N) is 1. The van der Waals surface area contributed by atoms with E-state index in [2.05, 4.69) is 17.1 Å². The van der Waals surface area contributed by atoms with Crippen LogP contribution in [0.5, 0.6) is 0 Å². The van der Waals surface area contributed by atoms with Crippen molar-refractivity contribution in [1.29, 1.82) is 0 Å². The molecule has 1 amide bonds. The minimum absolute atomic E-state index is 0.254. The second kappa shape index (κ2) is 15.7. The molecule has 0 saturated carbocycles. The van der Waals surface area contributed by atoms with E-state index in [1.54, 1.807) is 0 Å². The molecule has 0 aromatic heterocycles. The van der Waals surface area contributed by atoms with Crippen LogP contribution in [0.25, 0.3) is 0 Å². The molecule has 1 heterocycles. The SMILES string of the molecule is CCCCCCNC(=O)OCCCN1CCCCC1.O=C(O)C(=O)O. The highest BCUT2D eigenvalue weighted by atomic mass is 16.5. The molecule has 1 saturated heterocycles. The summed E-state index contributed by atoms with van der Waals surface area (Å²) in [5.41, 5.74) is 0. The molecule has 0 bridgehead atoms. The number of amides is 1. The van der Waals surface area contributed by atoms with Crippen LogP contribution in [0, 0.1) is 0 Å². The fourth-order valence-electron chi connectivity index (χ4n) is 2.43. The van der Waals surface area contributed by atoms with Crippen LogP contribution < -0.4 is 5.32 Å². The lowest BCUT2D eigenvalue weighted by Crippen LogP contribution is -2.32. The number of hydrogen-bond donors (Lipinski definition) is 3. The van der Waals surface area contributed by atoms with E-state index in [1.165, 1.54) is 51.6 Å². The second-order valence-corrected chi connectivity index (χ2v) is 5.99. The lowest BCUT2D eigenvalue weighted by Gasteiger charge is -2.26. The van der Waals surface area contributed by atoms with Crippen LogP contribution in [0.4, 0.5) is 4.79 Å². The van der Waals surface area contributed by atoms with E-state index in [4.69, 9.17) is 24.5 Å². The van der Waals surface area contributed by atoms with Crippen LogP contribution in [-0.2, 0) is 14.3 Å². The first-order valence-corrected chi connectivity index (χ1v) is 9.06. The highest BCUT2D eigenvalue weighted by Gasteiger charge is 2.09. The number of aliphatic carboxylic acids is 2. The smallest absolute Gasteiger partial charge is 0.414 e. The number of hydrogen-bond acceptors (Lipinski definition) is 5. The van der Waals surface area contributed by atoms with Crippen LogP contribution in [0.1, 0.15) is 58.3 Å². The average molecular weight is 360 g/mol. The Morgan fingerprint density at radius 1 is 0.960 bits per heavy atom. The lowest BCUT2D eigenvalue weighted by atomic mass is 10.1. The number of carboxylic acid groups (broad SMARTS) is 2. The normalized spacial score (nSPS) is 14.1. The number of carbonyl (C=O) groups is 3. The van der Waals surface area contributed by atoms with Gasteiger partial charge in [0.2, 0.25) is 0 Å². The van der Waals surface area contributed by atoms with Crippen molar-refractivity contribution in [3.8, 4) is 0 Å². The van der Waals surface area contributed by atoms with Gasteiger partial charge in [0, 0.05) is 13.1 Å². The largest absolute Gasteiger partial charge is 0.473 e. The summed E-state index contributed by atoms with van der Waals surface area (Å²) < 4.78 is 5.16. The summed E-state index contributed by atoms with van der Waals surface area (Å²) in [7, 11) is 0. The van der Waals surface area contributed by atoms with Gasteiger partial charge in [-0.15, -0.1) is 0 Å². The molecular weight excluding hydrogens is 328 g/mol. The van der Waals surface area contributed by atoms with Gasteiger partial charge in [-0.25, -0.2) is 14.4 Å². The van der Waals surface area contributed by atoms with E-state index in [0.717, 1.165) is 25.9 Å². The van der Waals surface area contributed by atoms with Gasteiger partial charge in [0.05, 0.1) is 6.61 Å². The third-order valence-corrected chi connectivity index (χ3v) is 3.78. The van der Waals surface area contributed by atoms with Crippen LogP contribution in [-0.4, -0.2) is 65.9 Å². The molecule has 0 atom stereocenters. The Balaban J connectivity index is 0.000000823. The number of piperidine rings is 1. The lowest BCUT2D eigenvalue weighted by molar-refractivity contribution is -0.159. The predicted molar refractivity (Wildman–Crippen MR) is 93.7 cm³/mol. The molecule has 0 unspecified atom stereocenters. The van der Waals surface area contributed by atoms with E-state index >= 15 is 0 Å². The monoisotopic (exact) mass is 360 g/mol. The Labute approximate surface area is 149 Å². The van der Waals surface area contributed by atoms with E-state index < -0.39 is 11.9 Å². The predicted octanol–water partition coefficient (Wildman–Crippen LogP) is 2.32. The van der Waals surface area contributed by atoms with Gasteiger partial charge in [0.15, 0.2) is 0 Å². The second-order valence-electron chi connectivity index (χ2n) is 5.99. The number of nitrogens with zero attached hydrogens (tertiary/aromatic N) is 1. The standard InChI is InChI=1S/C15H30N2O2.C2H2O4/c1-2-3-4-6-10-16-15(18)19-14-9-13-17-11-7-5-8-12-17;3-1(4)2(5)6/h2-14H2,1H3,(H,16,18);(H,3,4)(H,5,6). The fraction of sp³-hybridized carbons (Fsp3) is 0.824. The summed E-state index contributed by atoms with van der Waals surface area (Å²) in [6, 6.07) is 0. The fourth-order valence-corrected chi connectivity index (χ4v) is 2.43. The van der Waals surface area contributed by atoms with Crippen molar-refractivity contribution in [2.75, 3.05) is 32.8 Å². The zero-order valence-corrected chi connectivity index (χ0v) is 15.2. The third kappa shape index (κ3) is 15.4. The molecule has 0 aromatic rings. The van der Waals surface area contributed by atoms with Crippen LogP contribution >= 0.6 is 0 Å². The Hall–Kier alpha value is -1.83. The van der Waals surface area contributed by atoms with Crippen molar-refractivity contribution in [2.24, 2.45) is 0 Å². The number of carbonyl (C=O) groups excluding carboxylic acids is 1. The van der Waals surface area contributed by atoms with Crippen molar-refractivity contribution in [2.45, 2.75) is 58.3 Å². The summed E-state index contributed by atoms with van der Waals surface area (Å²) in [4.78, 5) is 32.0. The topological polar surface area (TPSA) is 116 Å². The maximum absolute atomic E-state index is 11.4. The highest BCUT2D eigenvalue weighted by molar-refractivity contribution is 6.27. The molecule has 1 aliphatic heterocycles. The zero-order valence-electron chi connectivity index (χ0n) is 15.2. The maximum atomic E-state index is 11.4. The van der Waals surface area contributed by atoms with E-state index in [9.17, 15) is 4.79 Å². The van der Waals surface area contributed by atoms with Crippen molar-refractivity contribution >= 4 is 18.0 Å². The average Bonchev–Trinajstić information content (AvgIpc) is 2.60. The van der Waals surface area contributed by atoms with Gasteiger partial charge < -0.3 is 25.2 Å². The minimum Gasteiger partial charge on any atom is -0.473 e. The van der Waals surface area contributed by atoms with Crippen molar-refractivity contribution in [1.82, 2.24) is 10.2 Å². The number of likely N-dealkylation sites (tertiary alicyclic amines) is 1. The zero-order chi connectivity index (χ0) is 18.9. The molecule has 0 radical (unpaired) electrons. The quantitative estimate of drug-likeness (QED) is 0.427. The van der Waals surface area contributed by atoms with Gasteiger partial charge in [0.1, 0.15) is 0 Å². The van der Waals surface area contributed by atoms with E-state index in [-0.39, 0.29) is 6.09 Å². The van der Waals surface area contributed by atoms with E-state index in [0.29, 0.717) is 6.61 Å². The number of ether oxygens (including phenoxy) is 1. The Kier molecular flexibility index (Phi) is 14.5. The van der Waals surface area contributed by atoms with Crippen molar-refractivity contribution < 1.29 is 29.3 Å². The minimum atomic E-state index is -1.82. The molecule has 1 fully saturated rings. The molecule has 146 valence electrons. The number of rotatable bonds is 9. The third-order valence-electron chi connectivity index (χ3n) is 3.78. The first kappa shape index (κ1) is 23.2. The summed E-state index contributed by atoms with van der Waals surface area (Å²) in [5.74, 6) is -3.65. The highest BCUT2D eigenvalue weighted by Crippen LogP contribution is 2.08. The number of carboxylic acids is 2. The van der Waals surface area contributed by atoms with Gasteiger partial charge in [-0.1, -0.05) is 32.6 Å². The molecule has 25 heavy (non-hydrogen) atoms. The van der Waals surface area contributed by atoms with Gasteiger partial charge >= 0.3 is 18.0 Å². The molecule has 0 aromatic carbocycles. The van der Waals surface area contributed by atoms with Crippen LogP contribution in [0.2, 0.25) is 0 Å². The number of unbranched alkanes of at least 4 members (excludes halogenated alkanes) is 3. The van der Waals surface area contributed by atoms with Crippen molar-refractivity contribution in [3.63, 3.8) is 0 Å². The molecule has 8 heteroatoms. The van der Waals surface area contributed by atoms with Crippen molar-refractivity contribution in [3.05, 3.63) is 0 Å². The van der Waals surface area contributed by atoms with Crippen LogP contribution in [0.15, 0.2) is 0 Å². The van der Waals surface area contributed by atoms with Crippen LogP contribution in [0.3, 0.4) is 0 Å². The first-order chi connectivity index (χ1) is 12.0. The summed E-state index contributed by atoms with van der Waals surface area (Å²) in [6.45, 7) is 6.95. The van der Waals surface area contributed by atoms with Gasteiger partial charge in [-0.3, -0.25) is 0 Å². The molecule has 0 aliphatic carbocycles. The first-order valence-electron chi connectivity index (χ1n) is 9.06. The summed E-state index contributed by atoms with van der Waals surface area (Å²) in [5, 5.41) is 17.6. The summed E-state index contributed by atoms with van der Waals surface area (Å²) >= 11 is 0. The van der Waals surface area contributed by atoms with Gasteiger partial charge in [-0.05, 0) is 38.8 Å². The Bertz CT molecular complexity index is 371. The molecule has 0 spiro atoms. The maximum Gasteiger partial charge on any atom is 0.414 e. The molecule has 3 N–H and O–H groups in total. The molecule has 1 rings (SSSR count). The Morgan fingerprint density at radius 2 is 1.60 bits per heavy atom. The summed E-state index contributed by atoms with van der Waals surface area (Å²) in [6.07, 6.45) is 9.40. The Morgan fingerprint density at radius 3 is 2.16 bits per heavy atom. The number of alkyl carbamates (subject to hydrolysis) is 1. The van der Waals surface area contributed by atoms with Gasteiger partial charge in [-0.2, -0.15) is 0 Å².